The predicted octanol–water partition coefficient (Wildman–Crippen LogP) is 1.47. The number of rotatable bonds is 7. The van der Waals surface area contributed by atoms with Crippen LogP contribution in [-0.2, 0) is 29.2 Å². The Labute approximate surface area is 224 Å². The van der Waals surface area contributed by atoms with E-state index in [-0.39, 0.29) is 43.4 Å². The highest BCUT2D eigenvalue weighted by Gasteiger charge is 2.27. The highest BCUT2D eigenvalue weighted by atomic mass is 16.5. The summed E-state index contributed by atoms with van der Waals surface area (Å²) in [4.78, 5) is 51.4. The molecular formula is C28H31N7O4. The van der Waals surface area contributed by atoms with Crippen molar-refractivity contribution < 1.29 is 9.53 Å². The van der Waals surface area contributed by atoms with Crippen LogP contribution >= 0.6 is 0 Å². The highest BCUT2D eigenvalue weighted by Crippen LogP contribution is 2.23. The Hall–Kier alpha value is -4.43. The van der Waals surface area contributed by atoms with Crippen LogP contribution in [0.15, 0.2) is 46.1 Å². The van der Waals surface area contributed by atoms with Crippen molar-refractivity contribution in [3.05, 3.63) is 62.9 Å². The molecule has 1 saturated heterocycles. The molecule has 5 rings (SSSR count). The number of hydrogen-bond acceptors (Lipinski definition) is 8. The first-order valence-electron chi connectivity index (χ1n) is 13.0. The Bertz CT molecular complexity index is 1720. The van der Waals surface area contributed by atoms with Gasteiger partial charge >= 0.3 is 11.7 Å². The number of carbonyl (C=O) groups is 1. The molecule has 1 aromatic carbocycles. The fourth-order valence-electron chi connectivity index (χ4n) is 5.04. The van der Waals surface area contributed by atoms with Crippen molar-refractivity contribution >= 4 is 34.0 Å². The summed E-state index contributed by atoms with van der Waals surface area (Å²) in [6.45, 7) is 4.68. The predicted molar refractivity (Wildman–Crippen MR) is 149 cm³/mol. The molecule has 0 bridgehead atoms. The largest absolute Gasteiger partial charge is 0.465 e. The number of ether oxygens (including phenoxy) is 1. The van der Waals surface area contributed by atoms with E-state index in [1.54, 1.807) is 24.6 Å². The fraction of sp³-hybridized carbons (Fsp3) is 0.393. The Morgan fingerprint density at radius 1 is 1.21 bits per heavy atom. The Balaban J connectivity index is 1.73. The molecule has 0 amide bonds. The molecule has 1 unspecified atom stereocenters. The van der Waals surface area contributed by atoms with Gasteiger partial charge in [0.2, 0.25) is 5.95 Å². The number of nitrogens with two attached hydrogens (primary N) is 1. The maximum atomic E-state index is 14.0. The molecule has 39 heavy (non-hydrogen) atoms. The molecule has 2 N–H and O–H groups in total. The second-order valence-electron chi connectivity index (χ2n) is 9.54. The van der Waals surface area contributed by atoms with Gasteiger partial charge in [0.25, 0.3) is 5.56 Å². The van der Waals surface area contributed by atoms with Gasteiger partial charge in [-0.3, -0.25) is 28.3 Å². The maximum absolute atomic E-state index is 14.0. The number of pyridine rings is 1. The fourth-order valence-corrected chi connectivity index (χ4v) is 5.04. The van der Waals surface area contributed by atoms with Crippen LogP contribution in [0.3, 0.4) is 0 Å². The van der Waals surface area contributed by atoms with Crippen LogP contribution in [0, 0.1) is 11.8 Å². The average Bonchev–Trinajstić information content (AvgIpc) is 3.32. The molecule has 4 heterocycles. The minimum Gasteiger partial charge on any atom is -0.465 e. The number of benzene rings is 1. The van der Waals surface area contributed by atoms with Crippen molar-refractivity contribution in [2.24, 2.45) is 5.73 Å². The smallest absolute Gasteiger partial charge is 0.333 e. The van der Waals surface area contributed by atoms with E-state index >= 15 is 0 Å². The minimum absolute atomic E-state index is 0.00975. The zero-order valence-corrected chi connectivity index (χ0v) is 22.1. The topological polar surface area (TPSA) is 130 Å². The van der Waals surface area contributed by atoms with Crippen molar-refractivity contribution in [2.75, 3.05) is 24.6 Å². The minimum atomic E-state index is -0.639. The standard InChI is InChI=1S/C28H31N7O4/c1-3-5-14-33-24-25(31-27(33)32-13-7-9-21(29)17-32)34(18-23(36)39-4-2)28(38)35(26(24)37)16-19-10-11-22-20(15-19)8-6-12-30-22/h6,8,10-12,15,21H,4,7,9,13-14,16-18,29H2,1-2H3. The van der Waals surface area contributed by atoms with Gasteiger partial charge in [-0.25, -0.2) is 4.79 Å². The van der Waals surface area contributed by atoms with Crippen molar-refractivity contribution in [3.63, 3.8) is 0 Å². The molecule has 1 atom stereocenters. The van der Waals surface area contributed by atoms with Gasteiger partial charge in [-0.05, 0) is 50.5 Å². The van der Waals surface area contributed by atoms with Gasteiger partial charge in [-0.2, -0.15) is 4.98 Å². The summed E-state index contributed by atoms with van der Waals surface area (Å²) in [7, 11) is 0. The third-order valence-corrected chi connectivity index (χ3v) is 6.85. The van der Waals surface area contributed by atoms with Gasteiger partial charge in [0.05, 0.1) is 25.2 Å². The van der Waals surface area contributed by atoms with Crippen LogP contribution in [0.2, 0.25) is 0 Å². The lowest BCUT2D eigenvalue weighted by Crippen LogP contribution is -2.44. The third-order valence-electron chi connectivity index (χ3n) is 6.85. The van der Waals surface area contributed by atoms with Crippen LogP contribution in [0.5, 0.6) is 0 Å². The van der Waals surface area contributed by atoms with Crippen molar-refractivity contribution in [1.29, 1.82) is 0 Å². The molecule has 1 fully saturated rings. The van der Waals surface area contributed by atoms with Gasteiger partial charge in [0.1, 0.15) is 6.54 Å². The van der Waals surface area contributed by atoms with Crippen molar-refractivity contribution in [1.82, 2.24) is 23.7 Å². The molecule has 0 radical (unpaired) electrons. The molecular weight excluding hydrogens is 498 g/mol. The van der Waals surface area contributed by atoms with Crippen LogP contribution in [0.4, 0.5) is 5.95 Å². The van der Waals surface area contributed by atoms with E-state index in [4.69, 9.17) is 15.5 Å². The number of imidazole rings is 1. The Morgan fingerprint density at radius 2 is 2.05 bits per heavy atom. The Kier molecular flexibility index (Phi) is 7.47. The SMILES string of the molecule is CC#CCn1c(N2CCCC(N)C2)nc2c1c(=O)n(Cc1ccc3ncccc3c1)c(=O)n2CC(=O)OCC. The molecule has 3 aromatic heterocycles. The summed E-state index contributed by atoms with van der Waals surface area (Å²) < 4.78 is 9.24. The summed E-state index contributed by atoms with van der Waals surface area (Å²) in [6, 6.07) is 9.30. The molecule has 202 valence electrons. The quantitative estimate of drug-likeness (QED) is 0.281. The summed E-state index contributed by atoms with van der Waals surface area (Å²) >= 11 is 0. The summed E-state index contributed by atoms with van der Waals surface area (Å²) in [5, 5.41) is 0.892. The van der Waals surface area contributed by atoms with Crippen LogP contribution in [0.25, 0.3) is 22.1 Å². The molecule has 1 aliphatic rings. The lowest BCUT2D eigenvalue weighted by atomic mass is 10.1. The summed E-state index contributed by atoms with van der Waals surface area (Å²) in [5.41, 5.74) is 7.00. The number of anilines is 1. The zero-order valence-electron chi connectivity index (χ0n) is 22.1. The van der Waals surface area contributed by atoms with E-state index in [2.05, 4.69) is 16.8 Å². The lowest BCUT2D eigenvalue weighted by molar-refractivity contribution is -0.143. The van der Waals surface area contributed by atoms with Crippen LogP contribution in [-0.4, -0.2) is 55.4 Å². The monoisotopic (exact) mass is 529 g/mol. The number of carbonyl (C=O) groups excluding carboxylic acids is 1. The first kappa shape index (κ1) is 26.2. The second kappa shape index (κ2) is 11.1. The number of hydrogen-bond donors (Lipinski definition) is 1. The lowest BCUT2D eigenvalue weighted by Gasteiger charge is -2.31. The summed E-state index contributed by atoms with van der Waals surface area (Å²) in [5.74, 6) is 5.82. The molecule has 0 spiro atoms. The first-order valence-corrected chi connectivity index (χ1v) is 13.0. The van der Waals surface area contributed by atoms with E-state index in [0.717, 1.165) is 33.9 Å². The van der Waals surface area contributed by atoms with Gasteiger partial charge in [-0.1, -0.05) is 18.1 Å². The number of piperidine rings is 1. The van der Waals surface area contributed by atoms with E-state index in [1.807, 2.05) is 35.2 Å². The molecule has 11 nitrogen and oxygen atoms in total. The second-order valence-corrected chi connectivity index (χ2v) is 9.54. The molecule has 11 heteroatoms. The van der Waals surface area contributed by atoms with E-state index in [9.17, 15) is 14.4 Å². The molecule has 0 saturated carbocycles. The zero-order chi connectivity index (χ0) is 27.5. The third kappa shape index (κ3) is 5.15. The molecule has 0 aliphatic carbocycles. The number of fused-ring (bicyclic) bond motifs is 2. The first-order chi connectivity index (χ1) is 18.9. The highest BCUT2D eigenvalue weighted by molar-refractivity contribution is 5.79. The molecule has 1 aliphatic heterocycles. The van der Waals surface area contributed by atoms with E-state index in [1.165, 1.54) is 4.57 Å². The van der Waals surface area contributed by atoms with Gasteiger partial charge in [-0.15, -0.1) is 5.92 Å². The van der Waals surface area contributed by atoms with Crippen LogP contribution < -0.4 is 21.9 Å². The molecule has 4 aromatic rings. The van der Waals surface area contributed by atoms with E-state index < -0.39 is 17.2 Å². The number of esters is 1. The maximum Gasteiger partial charge on any atom is 0.333 e. The van der Waals surface area contributed by atoms with Crippen molar-refractivity contribution in [2.45, 2.75) is 52.4 Å². The summed E-state index contributed by atoms with van der Waals surface area (Å²) in [6.07, 6.45) is 3.48. The van der Waals surface area contributed by atoms with Gasteiger partial charge in [0.15, 0.2) is 11.2 Å². The van der Waals surface area contributed by atoms with Gasteiger partial charge < -0.3 is 15.4 Å². The van der Waals surface area contributed by atoms with Crippen LogP contribution in [0.1, 0.15) is 32.3 Å². The average molecular weight is 530 g/mol. The normalized spacial score (nSPS) is 15.4. The van der Waals surface area contributed by atoms with E-state index in [0.29, 0.717) is 19.0 Å². The van der Waals surface area contributed by atoms with Crippen molar-refractivity contribution in [3.8, 4) is 11.8 Å². The Morgan fingerprint density at radius 3 is 2.82 bits per heavy atom. The number of nitrogens with zero attached hydrogens (tertiary/aromatic N) is 6. The number of aromatic nitrogens is 5. The van der Waals surface area contributed by atoms with Gasteiger partial charge in [0, 0.05) is 30.7 Å².